The molecular formula is C17H18N2O. The van der Waals surface area contributed by atoms with Gasteiger partial charge in [0.15, 0.2) is 0 Å². The highest BCUT2D eigenvalue weighted by Crippen LogP contribution is 2.11. The molecule has 0 saturated carbocycles. The van der Waals surface area contributed by atoms with Crippen molar-refractivity contribution in [2.75, 3.05) is 0 Å². The molecule has 0 aliphatic carbocycles. The monoisotopic (exact) mass is 266 g/mol. The van der Waals surface area contributed by atoms with Crippen LogP contribution in [0.2, 0.25) is 0 Å². The topological polar surface area (TPSA) is 41.5 Å². The second kappa shape index (κ2) is 6.66. The van der Waals surface area contributed by atoms with Crippen LogP contribution >= 0.6 is 0 Å². The summed E-state index contributed by atoms with van der Waals surface area (Å²) in [5, 5.41) is 4.04. The number of benzene rings is 2. The molecular weight excluding hydrogens is 248 g/mol. The van der Waals surface area contributed by atoms with Gasteiger partial charge >= 0.3 is 0 Å². The van der Waals surface area contributed by atoms with E-state index in [0.717, 1.165) is 5.56 Å². The number of carbonyl (C=O) groups excluding carboxylic acids is 1. The van der Waals surface area contributed by atoms with E-state index in [0.29, 0.717) is 5.56 Å². The molecule has 0 aliphatic heterocycles. The summed E-state index contributed by atoms with van der Waals surface area (Å²) in [7, 11) is 0. The zero-order chi connectivity index (χ0) is 14.4. The van der Waals surface area contributed by atoms with Crippen molar-refractivity contribution in [3.8, 4) is 0 Å². The molecule has 0 spiro atoms. The Bertz CT molecular complexity index is 605. The van der Waals surface area contributed by atoms with E-state index in [9.17, 15) is 4.79 Å². The Labute approximate surface area is 119 Å². The van der Waals surface area contributed by atoms with E-state index >= 15 is 0 Å². The van der Waals surface area contributed by atoms with Gasteiger partial charge in [-0.15, -0.1) is 0 Å². The Morgan fingerprint density at radius 2 is 1.75 bits per heavy atom. The average Bonchev–Trinajstić information content (AvgIpc) is 2.48. The first kappa shape index (κ1) is 14.0. The van der Waals surface area contributed by atoms with E-state index in [2.05, 4.69) is 10.5 Å². The van der Waals surface area contributed by atoms with Crippen molar-refractivity contribution in [1.82, 2.24) is 5.43 Å². The zero-order valence-corrected chi connectivity index (χ0v) is 11.7. The van der Waals surface area contributed by atoms with Gasteiger partial charge in [-0.05, 0) is 24.1 Å². The van der Waals surface area contributed by atoms with E-state index in [1.807, 2.05) is 62.4 Å². The minimum atomic E-state index is -0.181. The minimum absolute atomic E-state index is 0.161. The lowest BCUT2D eigenvalue weighted by atomic mass is 10.0. The zero-order valence-electron chi connectivity index (χ0n) is 11.7. The molecule has 2 aromatic rings. The maximum atomic E-state index is 12.0. The number of aryl methyl sites for hydroxylation is 1. The van der Waals surface area contributed by atoms with Crippen molar-refractivity contribution in [3.63, 3.8) is 0 Å². The van der Waals surface area contributed by atoms with Crippen LogP contribution in [-0.2, 0) is 0 Å². The van der Waals surface area contributed by atoms with E-state index in [1.165, 1.54) is 5.56 Å². The molecule has 20 heavy (non-hydrogen) atoms. The van der Waals surface area contributed by atoms with Crippen molar-refractivity contribution in [2.24, 2.45) is 5.10 Å². The number of rotatable bonds is 4. The van der Waals surface area contributed by atoms with Gasteiger partial charge in [-0.2, -0.15) is 5.10 Å². The predicted molar refractivity (Wildman–Crippen MR) is 82.0 cm³/mol. The van der Waals surface area contributed by atoms with E-state index in [4.69, 9.17) is 0 Å². The van der Waals surface area contributed by atoms with Gasteiger partial charge in [-0.3, -0.25) is 4.79 Å². The van der Waals surface area contributed by atoms with Gasteiger partial charge in [0, 0.05) is 17.7 Å². The van der Waals surface area contributed by atoms with Gasteiger partial charge in [-0.1, -0.05) is 55.5 Å². The number of hydrazone groups is 1. The number of nitrogens with one attached hydrogen (secondary N) is 1. The first-order valence-corrected chi connectivity index (χ1v) is 6.62. The van der Waals surface area contributed by atoms with Crippen LogP contribution in [0.25, 0.3) is 0 Å². The third-order valence-electron chi connectivity index (χ3n) is 3.18. The summed E-state index contributed by atoms with van der Waals surface area (Å²) in [5.74, 6) is -0.0204. The van der Waals surface area contributed by atoms with Gasteiger partial charge in [0.05, 0.1) is 0 Å². The van der Waals surface area contributed by atoms with Crippen LogP contribution in [0.15, 0.2) is 59.7 Å². The van der Waals surface area contributed by atoms with Gasteiger partial charge in [-0.25, -0.2) is 5.43 Å². The molecule has 3 nitrogen and oxygen atoms in total. The summed E-state index contributed by atoms with van der Waals surface area (Å²) in [6.07, 6.45) is 1.74. The predicted octanol–water partition coefficient (Wildman–Crippen LogP) is 3.51. The summed E-state index contributed by atoms with van der Waals surface area (Å²) >= 11 is 0. The van der Waals surface area contributed by atoms with Gasteiger partial charge < -0.3 is 0 Å². The molecule has 3 heteroatoms. The van der Waals surface area contributed by atoms with Crippen LogP contribution < -0.4 is 5.43 Å². The molecule has 1 atom stereocenters. The molecule has 1 N–H and O–H groups in total. The van der Waals surface area contributed by atoms with Crippen molar-refractivity contribution >= 4 is 12.1 Å². The SMILES string of the molecule is Cc1ccccc1C(=O)N/N=C/C(C)c1ccccc1. The van der Waals surface area contributed by atoms with Crippen LogP contribution in [0.4, 0.5) is 0 Å². The summed E-state index contributed by atoms with van der Waals surface area (Å²) in [5.41, 5.74) is 5.33. The molecule has 0 fully saturated rings. The van der Waals surface area contributed by atoms with E-state index < -0.39 is 0 Å². The van der Waals surface area contributed by atoms with Crippen molar-refractivity contribution in [2.45, 2.75) is 19.8 Å². The summed E-state index contributed by atoms with van der Waals surface area (Å²) in [4.78, 5) is 12.0. The Morgan fingerprint density at radius 1 is 1.10 bits per heavy atom. The molecule has 2 rings (SSSR count). The first-order valence-electron chi connectivity index (χ1n) is 6.62. The quantitative estimate of drug-likeness (QED) is 0.667. The van der Waals surface area contributed by atoms with Crippen LogP contribution in [0, 0.1) is 6.92 Å². The molecule has 2 aromatic carbocycles. The largest absolute Gasteiger partial charge is 0.271 e. The number of amides is 1. The molecule has 102 valence electrons. The Morgan fingerprint density at radius 3 is 2.45 bits per heavy atom. The number of hydrogen-bond acceptors (Lipinski definition) is 2. The summed E-state index contributed by atoms with van der Waals surface area (Å²) in [6, 6.07) is 17.5. The smallest absolute Gasteiger partial charge is 0.267 e. The second-order valence-corrected chi connectivity index (χ2v) is 4.73. The molecule has 0 saturated heterocycles. The Hall–Kier alpha value is -2.42. The van der Waals surface area contributed by atoms with Crippen LogP contribution in [-0.4, -0.2) is 12.1 Å². The van der Waals surface area contributed by atoms with Gasteiger partial charge in [0.1, 0.15) is 0 Å². The average molecular weight is 266 g/mol. The summed E-state index contributed by atoms with van der Waals surface area (Å²) < 4.78 is 0. The Kier molecular flexibility index (Phi) is 4.66. The normalized spacial score (nSPS) is 12.3. The third kappa shape index (κ3) is 3.54. The molecule has 0 heterocycles. The van der Waals surface area contributed by atoms with Crippen molar-refractivity contribution in [3.05, 3.63) is 71.3 Å². The molecule has 0 aliphatic rings. The van der Waals surface area contributed by atoms with Crippen molar-refractivity contribution in [1.29, 1.82) is 0 Å². The lowest BCUT2D eigenvalue weighted by Crippen LogP contribution is -2.19. The van der Waals surface area contributed by atoms with E-state index in [1.54, 1.807) is 12.3 Å². The third-order valence-corrected chi connectivity index (χ3v) is 3.18. The van der Waals surface area contributed by atoms with Crippen LogP contribution in [0.3, 0.4) is 0 Å². The van der Waals surface area contributed by atoms with Crippen LogP contribution in [0.5, 0.6) is 0 Å². The molecule has 0 aromatic heterocycles. The molecule has 0 bridgehead atoms. The first-order chi connectivity index (χ1) is 9.68. The second-order valence-electron chi connectivity index (χ2n) is 4.73. The number of hydrogen-bond donors (Lipinski definition) is 1. The Balaban J connectivity index is 1.97. The lowest BCUT2D eigenvalue weighted by molar-refractivity contribution is 0.0954. The number of carbonyl (C=O) groups is 1. The lowest BCUT2D eigenvalue weighted by Gasteiger charge is -2.06. The fourth-order valence-electron chi connectivity index (χ4n) is 1.94. The molecule has 0 radical (unpaired) electrons. The maximum absolute atomic E-state index is 12.0. The van der Waals surface area contributed by atoms with E-state index in [-0.39, 0.29) is 11.8 Å². The van der Waals surface area contributed by atoms with Gasteiger partial charge in [0.25, 0.3) is 5.91 Å². The minimum Gasteiger partial charge on any atom is -0.267 e. The summed E-state index contributed by atoms with van der Waals surface area (Å²) in [6.45, 7) is 3.95. The highest BCUT2D eigenvalue weighted by atomic mass is 16.2. The number of nitrogens with zero attached hydrogens (tertiary/aromatic N) is 1. The highest BCUT2D eigenvalue weighted by Gasteiger charge is 2.06. The fraction of sp³-hybridized carbons (Fsp3) is 0.176. The molecule has 1 unspecified atom stereocenters. The van der Waals surface area contributed by atoms with Gasteiger partial charge in [0.2, 0.25) is 0 Å². The standard InChI is InChI=1S/C17H18N2O/c1-13-8-6-7-11-16(13)17(20)19-18-12-14(2)15-9-4-3-5-10-15/h3-12,14H,1-2H3,(H,19,20)/b18-12+. The van der Waals surface area contributed by atoms with Crippen LogP contribution in [0.1, 0.15) is 34.3 Å². The highest BCUT2D eigenvalue weighted by molar-refractivity contribution is 5.95. The molecule has 1 amide bonds. The van der Waals surface area contributed by atoms with Crippen molar-refractivity contribution < 1.29 is 4.79 Å². The maximum Gasteiger partial charge on any atom is 0.271 e. The fourth-order valence-corrected chi connectivity index (χ4v) is 1.94.